The van der Waals surface area contributed by atoms with Gasteiger partial charge in [-0.05, 0) is 48.2 Å². The fourth-order valence-electron chi connectivity index (χ4n) is 3.90. The van der Waals surface area contributed by atoms with E-state index in [1.807, 2.05) is 36.1 Å². The average molecular weight is 552 g/mol. The number of aliphatic imine (C=N–C) groups is 1. The summed E-state index contributed by atoms with van der Waals surface area (Å²) in [4.78, 5) is 19.9. The average Bonchev–Trinajstić information content (AvgIpc) is 2.88. The van der Waals surface area contributed by atoms with Gasteiger partial charge in [0.1, 0.15) is 10.8 Å². The molecule has 0 saturated carbocycles. The molecule has 0 aromatic heterocycles. The molecule has 0 aliphatic heterocycles. The molecule has 38 heavy (non-hydrogen) atoms. The number of rotatable bonds is 10. The largest absolute Gasteiger partial charge is 0.383 e. The zero-order chi connectivity index (χ0) is 27.9. The Morgan fingerprint density at radius 3 is 2.37 bits per heavy atom. The van der Waals surface area contributed by atoms with E-state index >= 15 is 0 Å². The van der Waals surface area contributed by atoms with Crippen LogP contribution in [0.4, 0.5) is 11.4 Å². The maximum atomic E-state index is 13.0. The standard InChI is InChI=1S/C28H33N5O3S2/c1-4-27(37)32-28(29)21-8-7-9-23(16-21)33(17-19(2)3)18-26(34)31-22-14-12-20(13-15-22)24-10-5-6-11-25(24)38(30,35)36/h5-16,19H,4,17-18H2,1-3H3,(H,31,34)(H2,29,32,37)(H2,30,35,36). The van der Waals surface area contributed by atoms with Gasteiger partial charge in [-0.15, -0.1) is 0 Å². The van der Waals surface area contributed by atoms with Crippen molar-refractivity contribution in [3.8, 4) is 11.1 Å². The van der Waals surface area contributed by atoms with E-state index in [1.54, 1.807) is 42.5 Å². The summed E-state index contributed by atoms with van der Waals surface area (Å²) >= 11 is 5.19. The molecule has 5 N–H and O–H groups in total. The van der Waals surface area contributed by atoms with Crippen molar-refractivity contribution in [3.63, 3.8) is 0 Å². The lowest BCUT2D eigenvalue weighted by atomic mass is 10.1. The third-order valence-electron chi connectivity index (χ3n) is 5.65. The van der Waals surface area contributed by atoms with Gasteiger partial charge in [-0.1, -0.05) is 75.5 Å². The third kappa shape index (κ3) is 7.95. The predicted molar refractivity (Wildman–Crippen MR) is 159 cm³/mol. The molecule has 3 aromatic carbocycles. The summed E-state index contributed by atoms with van der Waals surface area (Å²) in [5.41, 5.74) is 9.51. The molecular formula is C28H33N5O3S2. The minimum atomic E-state index is -3.87. The number of primary sulfonamides is 1. The van der Waals surface area contributed by atoms with Crippen LogP contribution in [0.25, 0.3) is 11.1 Å². The number of nitrogens with one attached hydrogen (secondary N) is 1. The minimum absolute atomic E-state index is 0.0468. The number of carbonyl (C=O) groups is 1. The number of amidine groups is 1. The number of anilines is 2. The molecule has 0 atom stereocenters. The van der Waals surface area contributed by atoms with Crippen molar-refractivity contribution in [2.75, 3.05) is 23.3 Å². The van der Waals surface area contributed by atoms with Gasteiger partial charge in [-0.3, -0.25) is 4.79 Å². The van der Waals surface area contributed by atoms with Crippen molar-refractivity contribution < 1.29 is 13.2 Å². The molecule has 0 aliphatic rings. The van der Waals surface area contributed by atoms with Gasteiger partial charge in [-0.25, -0.2) is 18.5 Å². The van der Waals surface area contributed by atoms with Crippen LogP contribution >= 0.6 is 12.2 Å². The number of nitrogens with zero attached hydrogens (tertiary/aromatic N) is 2. The number of amides is 1. The summed E-state index contributed by atoms with van der Waals surface area (Å²) in [5, 5.41) is 8.28. The number of benzene rings is 3. The summed E-state index contributed by atoms with van der Waals surface area (Å²) in [6.07, 6.45) is 0.634. The molecule has 0 fully saturated rings. The fourth-order valence-corrected chi connectivity index (χ4v) is 4.76. The van der Waals surface area contributed by atoms with E-state index in [4.69, 9.17) is 23.1 Å². The Balaban J connectivity index is 1.77. The molecule has 0 spiro atoms. The Morgan fingerprint density at radius 1 is 1.05 bits per heavy atom. The zero-order valence-electron chi connectivity index (χ0n) is 21.7. The highest BCUT2D eigenvalue weighted by Crippen LogP contribution is 2.27. The van der Waals surface area contributed by atoms with Crippen LogP contribution in [0.2, 0.25) is 0 Å². The van der Waals surface area contributed by atoms with E-state index in [-0.39, 0.29) is 17.3 Å². The lowest BCUT2D eigenvalue weighted by Crippen LogP contribution is -2.36. The number of hydrogen-bond donors (Lipinski definition) is 3. The molecule has 0 saturated heterocycles. The fraction of sp³-hybridized carbons (Fsp3) is 0.250. The van der Waals surface area contributed by atoms with Crippen LogP contribution in [0.1, 0.15) is 32.8 Å². The van der Waals surface area contributed by atoms with Crippen LogP contribution in [0.15, 0.2) is 82.7 Å². The molecule has 0 aliphatic carbocycles. The second-order valence-electron chi connectivity index (χ2n) is 9.24. The molecule has 3 rings (SSSR count). The number of hydrogen-bond acceptors (Lipinski definition) is 5. The first-order chi connectivity index (χ1) is 18.0. The van der Waals surface area contributed by atoms with Gasteiger partial charge in [-0.2, -0.15) is 0 Å². The number of sulfonamides is 1. The van der Waals surface area contributed by atoms with E-state index in [2.05, 4.69) is 24.2 Å². The molecule has 8 nitrogen and oxygen atoms in total. The zero-order valence-corrected chi connectivity index (χ0v) is 23.4. The van der Waals surface area contributed by atoms with Crippen molar-refractivity contribution in [1.82, 2.24) is 0 Å². The number of carbonyl (C=O) groups excluding carboxylic acids is 1. The maximum Gasteiger partial charge on any atom is 0.243 e. The second-order valence-corrected chi connectivity index (χ2v) is 11.2. The molecule has 1 amide bonds. The quantitative estimate of drug-likeness (QED) is 0.193. The van der Waals surface area contributed by atoms with Crippen LogP contribution in [-0.2, 0) is 14.8 Å². The monoisotopic (exact) mass is 551 g/mol. The van der Waals surface area contributed by atoms with Crippen LogP contribution in [0.3, 0.4) is 0 Å². The number of thiocarbonyl (C=S) groups is 1. The van der Waals surface area contributed by atoms with Crippen molar-refractivity contribution in [2.24, 2.45) is 21.8 Å². The second kappa shape index (κ2) is 12.8. The lowest BCUT2D eigenvalue weighted by molar-refractivity contribution is -0.115. The first-order valence-electron chi connectivity index (χ1n) is 12.2. The molecule has 200 valence electrons. The van der Waals surface area contributed by atoms with Crippen LogP contribution < -0.4 is 21.1 Å². The Bertz CT molecular complexity index is 1430. The van der Waals surface area contributed by atoms with Gasteiger partial charge in [0.05, 0.1) is 11.4 Å². The van der Waals surface area contributed by atoms with E-state index in [0.717, 1.165) is 11.3 Å². The van der Waals surface area contributed by atoms with Crippen molar-refractivity contribution in [1.29, 1.82) is 0 Å². The Hall–Kier alpha value is -3.60. The predicted octanol–water partition coefficient (Wildman–Crippen LogP) is 4.54. The smallest absolute Gasteiger partial charge is 0.243 e. The van der Waals surface area contributed by atoms with Crippen LogP contribution in [0.5, 0.6) is 0 Å². The maximum absolute atomic E-state index is 13.0. The van der Waals surface area contributed by atoms with E-state index in [9.17, 15) is 13.2 Å². The van der Waals surface area contributed by atoms with Gasteiger partial charge in [0, 0.05) is 29.0 Å². The molecule has 0 unspecified atom stereocenters. The van der Waals surface area contributed by atoms with E-state index < -0.39 is 10.0 Å². The van der Waals surface area contributed by atoms with Crippen molar-refractivity contribution >= 4 is 50.3 Å². The SMILES string of the molecule is CCC(=S)N=C(N)c1cccc(N(CC(=O)Nc2ccc(-c3ccccc3S(N)(=O)=O)cc2)CC(C)C)c1. The molecule has 10 heteroatoms. The highest BCUT2D eigenvalue weighted by atomic mass is 32.2. The molecule has 3 aromatic rings. The lowest BCUT2D eigenvalue weighted by Gasteiger charge is -2.26. The third-order valence-corrected chi connectivity index (χ3v) is 7.00. The summed E-state index contributed by atoms with van der Waals surface area (Å²) in [7, 11) is -3.87. The molecule has 0 bridgehead atoms. The highest BCUT2D eigenvalue weighted by Gasteiger charge is 2.16. The number of nitrogens with two attached hydrogens (primary N) is 2. The van der Waals surface area contributed by atoms with Gasteiger partial charge in [0.2, 0.25) is 15.9 Å². The molecular weight excluding hydrogens is 518 g/mol. The summed E-state index contributed by atoms with van der Waals surface area (Å²) < 4.78 is 23.9. The summed E-state index contributed by atoms with van der Waals surface area (Å²) in [5.74, 6) is 0.461. The first-order valence-corrected chi connectivity index (χ1v) is 14.2. The Morgan fingerprint density at radius 2 is 1.74 bits per heavy atom. The van der Waals surface area contributed by atoms with Gasteiger partial charge in [0.25, 0.3) is 0 Å². The first kappa shape index (κ1) is 29.0. The molecule has 0 heterocycles. The summed E-state index contributed by atoms with van der Waals surface area (Å²) in [6, 6.07) is 21.1. The van der Waals surface area contributed by atoms with Crippen LogP contribution in [-0.4, -0.2) is 38.2 Å². The Kier molecular flexibility index (Phi) is 9.73. The Labute approximate surface area is 229 Å². The van der Waals surface area contributed by atoms with Gasteiger partial charge >= 0.3 is 0 Å². The van der Waals surface area contributed by atoms with Gasteiger partial charge < -0.3 is 16.0 Å². The van der Waals surface area contributed by atoms with Crippen LogP contribution in [0, 0.1) is 5.92 Å². The molecule has 0 radical (unpaired) electrons. The van der Waals surface area contributed by atoms with Gasteiger partial charge in [0.15, 0.2) is 0 Å². The van der Waals surface area contributed by atoms with E-state index in [0.29, 0.717) is 46.5 Å². The van der Waals surface area contributed by atoms with Crippen molar-refractivity contribution in [2.45, 2.75) is 32.1 Å². The highest BCUT2D eigenvalue weighted by molar-refractivity contribution is 7.89. The topological polar surface area (TPSA) is 131 Å². The minimum Gasteiger partial charge on any atom is -0.383 e. The normalized spacial score (nSPS) is 11.9. The van der Waals surface area contributed by atoms with Crippen molar-refractivity contribution in [3.05, 3.63) is 78.4 Å². The van der Waals surface area contributed by atoms with E-state index in [1.165, 1.54) is 6.07 Å². The summed E-state index contributed by atoms with van der Waals surface area (Å²) in [6.45, 7) is 6.88.